The van der Waals surface area contributed by atoms with Gasteiger partial charge in [-0.2, -0.15) is 4.39 Å². The van der Waals surface area contributed by atoms with E-state index in [-0.39, 0.29) is 0 Å². The molecule has 4 heteroatoms. The van der Waals surface area contributed by atoms with Crippen molar-refractivity contribution in [2.24, 2.45) is 0 Å². The summed E-state index contributed by atoms with van der Waals surface area (Å²) in [5.41, 5.74) is 0. The molecule has 0 radical (unpaired) electrons. The average Bonchev–Trinajstić information content (AvgIpc) is 2.05. The largest absolute Gasteiger partial charge is 0.370 e. The molecule has 1 N–H and O–H groups in total. The Labute approximate surface area is 66.7 Å². The summed E-state index contributed by atoms with van der Waals surface area (Å²) in [6, 6.07) is 0. The fourth-order valence-electron chi connectivity index (χ4n) is 1.24. The smallest absolute Gasteiger partial charge is 0.291 e. The lowest BCUT2D eigenvalue weighted by molar-refractivity contribution is -0.959. The summed E-state index contributed by atoms with van der Waals surface area (Å²) in [6.45, 7) is 2.92. The highest BCUT2D eigenvalue weighted by molar-refractivity contribution is 4.41. The van der Waals surface area contributed by atoms with Crippen molar-refractivity contribution in [2.75, 3.05) is 40.4 Å². The predicted molar refractivity (Wildman–Crippen MR) is 40.1 cm³/mol. The number of alkyl halides is 1. The Morgan fingerprint density at radius 3 is 2.36 bits per heavy atom. The second kappa shape index (κ2) is 3.99. The zero-order valence-corrected chi connectivity index (χ0v) is 7.14. The zero-order chi connectivity index (χ0) is 8.27. The van der Waals surface area contributed by atoms with Gasteiger partial charge in [0.05, 0.1) is 13.2 Å². The van der Waals surface area contributed by atoms with E-state index in [0.29, 0.717) is 13.2 Å². The van der Waals surface area contributed by atoms with Crippen LogP contribution >= 0.6 is 0 Å². The van der Waals surface area contributed by atoms with Crippen LogP contribution in [0.3, 0.4) is 0 Å². The van der Waals surface area contributed by atoms with Gasteiger partial charge < -0.3 is 4.74 Å². The molecule has 0 aromatic carbocycles. The number of hydrogen-bond donors (Lipinski definition) is 1. The molecule has 66 valence electrons. The van der Waals surface area contributed by atoms with Crippen molar-refractivity contribution in [3.63, 3.8) is 0 Å². The Morgan fingerprint density at radius 1 is 1.36 bits per heavy atom. The van der Waals surface area contributed by atoms with Gasteiger partial charge in [-0.1, -0.05) is 0 Å². The van der Waals surface area contributed by atoms with Crippen LogP contribution in [-0.4, -0.2) is 51.7 Å². The number of hydrogen-bond acceptors (Lipinski definition) is 2. The molecule has 1 atom stereocenters. The summed E-state index contributed by atoms with van der Waals surface area (Å²) in [5.74, 6) is 0. The fraction of sp³-hybridized carbons (Fsp3) is 1.00. The molecule has 0 aromatic rings. The van der Waals surface area contributed by atoms with Gasteiger partial charge in [0, 0.05) is 0 Å². The molecule has 1 aliphatic rings. The molecule has 0 saturated carbocycles. The minimum Gasteiger partial charge on any atom is -0.370 e. The maximum absolute atomic E-state index is 13.2. The average molecular weight is 163 g/mol. The van der Waals surface area contributed by atoms with Crippen LogP contribution in [0.25, 0.3) is 0 Å². The molecule has 0 amide bonds. The molecular formula is C7H16FN2O+. The van der Waals surface area contributed by atoms with E-state index in [1.807, 2.05) is 0 Å². The third kappa shape index (κ3) is 2.39. The lowest BCUT2D eigenvalue weighted by Gasteiger charge is -2.29. The van der Waals surface area contributed by atoms with Crippen LogP contribution in [-0.2, 0) is 4.74 Å². The van der Waals surface area contributed by atoms with Gasteiger partial charge in [-0.25, -0.2) is 4.90 Å². The quantitative estimate of drug-likeness (QED) is 0.510. The van der Waals surface area contributed by atoms with E-state index in [4.69, 9.17) is 4.74 Å². The van der Waals surface area contributed by atoms with E-state index in [9.17, 15) is 4.39 Å². The molecule has 1 unspecified atom stereocenters. The lowest BCUT2D eigenvalue weighted by Crippen LogP contribution is -3.18. The number of halogens is 1. The maximum atomic E-state index is 13.2. The number of nitrogens with zero attached hydrogens (tertiary/aromatic N) is 1. The molecule has 0 aromatic heterocycles. The number of nitrogens with one attached hydrogen (secondary N) is 1. The van der Waals surface area contributed by atoms with Crippen LogP contribution in [0.1, 0.15) is 0 Å². The number of rotatable bonds is 2. The molecule has 3 nitrogen and oxygen atoms in total. The Balaban J connectivity index is 2.32. The maximum Gasteiger partial charge on any atom is 0.291 e. The van der Waals surface area contributed by atoms with Gasteiger partial charge in [-0.05, 0) is 14.1 Å². The molecule has 1 fully saturated rings. The molecule has 1 heterocycles. The first kappa shape index (κ1) is 8.90. The van der Waals surface area contributed by atoms with Crippen molar-refractivity contribution in [2.45, 2.75) is 6.42 Å². The lowest BCUT2D eigenvalue weighted by atomic mass is 10.4. The molecular weight excluding hydrogens is 147 g/mol. The van der Waals surface area contributed by atoms with Gasteiger partial charge in [0.2, 0.25) is 0 Å². The van der Waals surface area contributed by atoms with Gasteiger partial charge in [0.1, 0.15) is 13.1 Å². The van der Waals surface area contributed by atoms with Gasteiger partial charge in [-0.15, -0.1) is 0 Å². The minimum atomic E-state index is -0.876. The van der Waals surface area contributed by atoms with Crippen molar-refractivity contribution in [3.8, 4) is 0 Å². The standard InChI is InChI=1S/C7H15FN2O/c1-9(2)7(8)10-3-5-11-6-4-10/h7H,3-6H2,1-2H3/p+1. The number of quaternary nitrogens is 1. The zero-order valence-electron chi connectivity index (χ0n) is 7.14. The highest BCUT2D eigenvalue weighted by Crippen LogP contribution is 1.86. The van der Waals surface area contributed by atoms with Crippen LogP contribution in [0.4, 0.5) is 4.39 Å². The molecule has 11 heavy (non-hydrogen) atoms. The summed E-state index contributed by atoms with van der Waals surface area (Å²) in [7, 11) is 3.51. The van der Waals surface area contributed by atoms with Crippen LogP contribution in [0.2, 0.25) is 0 Å². The van der Waals surface area contributed by atoms with E-state index >= 15 is 0 Å². The third-order valence-electron chi connectivity index (χ3n) is 1.93. The SMILES string of the molecule is CN(C)C(F)[NH+]1CCOCC1. The molecule has 0 spiro atoms. The van der Waals surface area contributed by atoms with Crippen molar-refractivity contribution < 1.29 is 14.0 Å². The molecule has 0 bridgehead atoms. The first-order valence-corrected chi connectivity index (χ1v) is 3.94. The van der Waals surface area contributed by atoms with Crippen LogP contribution < -0.4 is 4.90 Å². The normalized spacial score (nSPS) is 24.0. The Morgan fingerprint density at radius 2 is 1.91 bits per heavy atom. The summed E-state index contributed by atoms with van der Waals surface area (Å²) in [6.07, 6.45) is -0.876. The Bertz CT molecular complexity index is 115. The first-order valence-electron chi connectivity index (χ1n) is 3.94. The second-order valence-corrected chi connectivity index (χ2v) is 3.07. The van der Waals surface area contributed by atoms with Gasteiger partial charge in [0.25, 0.3) is 6.42 Å². The van der Waals surface area contributed by atoms with Crippen LogP contribution in [0.15, 0.2) is 0 Å². The summed E-state index contributed by atoms with van der Waals surface area (Å²) in [4.78, 5) is 2.57. The summed E-state index contributed by atoms with van der Waals surface area (Å²) >= 11 is 0. The van der Waals surface area contributed by atoms with E-state index in [1.165, 1.54) is 0 Å². The molecule has 1 saturated heterocycles. The van der Waals surface area contributed by atoms with Gasteiger partial charge >= 0.3 is 0 Å². The number of morpholine rings is 1. The third-order valence-corrected chi connectivity index (χ3v) is 1.93. The van der Waals surface area contributed by atoms with Crippen LogP contribution in [0.5, 0.6) is 0 Å². The summed E-state index contributed by atoms with van der Waals surface area (Å²) in [5, 5.41) is 0. The predicted octanol–water partition coefficient (Wildman–Crippen LogP) is -1.28. The highest BCUT2D eigenvalue weighted by atomic mass is 19.1. The summed E-state index contributed by atoms with van der Waals surface area (Å²) < 4.78 is 18.4. The number of ether oxygens (including phenoxy) is 1. The fourth-order valence-corrected chi connectivity index (χ4v) is 1.24. The Hall–Kier alpha value is -0.190. The van der Waals surface area contributed by atoms with E-state index in [2.05, 4.69) is 0 Å². The molecule has 0 aliphatic carbocycles. The minimum absolute atomic E-state index is 0.684. The van der Waals surface area contributed by atoms with E-state index < -0.39 is 6.42 Å². The van der Waals surface area contributed by atoms with E-state index in [0.717, 1.165) is 18.0 Å². The van der Waals surface area contributed by atoms with Crippen LogP contribution in [0, 0.1) is 0 Å². The monoisotopic (exact) mass is 163 g/mol. The molecule has 1 rings (SSSR count). The highest BCUT2D eigenvalue weighted by Gasteiger charge is 2.25. The first-order chi connectivity index (χ1) is 5.22. The topological polar surface area (TPSA) is 16.9 Å². The van der Waals surface area contributed by atoms with Gasteiger partial charge in [-0.3, -0.25) is 4.90 Å². The van der Waals surface area contributed by atoms with E-state index in [1.54, 1.807) is 19.0 Å². The van der Waals surface area contributed by atoms with Crippen molar-refractivity contribution in [3.05, 3.63) is 0 Å². The van der Waals surface area contributed by atoms with Gasteiger partial charge in [0.15, 0.2) is 0 Å². The van der Waals surface area contributed by atoms with Crippen molar-refractivity contribution >= 4 is 0 Å². The van der Waals surface area contributed by atoms with Crippen molar-refractivity contribution in [1.82, 2.24) is 4.90 Å². The molecule has 1 aliphatic heterocycles. The Kier molecular flexibility index (Phi) is 3.23. The van der Waals surface area contributed by atoms with Crippen molar-refractivity contribution in [1.29, 1.82) is 0 Å². The second-order valence-electron chi connectivity index (χ2n) is 3.07.